The van der Waals surface area contributed by atoms with Crippen LogP contribution in [0, 0.1) is 0 Å². The van der Waals surface area contributed by atoms with Crippen LogP contribution >= 0.6 is 27.5 Å². The molecule has 0 aliphatic rings. The van der Waals surface area contributed by atoms with Crippen molar-refractivity contribution in [1.82, 2.24) is 0 Å². The van der Waals surface area contributed by atoms with Gasteiger partial charge in [-0.2, -0.15) is 0 Å². The van der Waals surface area contributed by atoms with Crippen LogP contribution in [0.3, 0.4) is 0 Å². The summed E-state index contributed by atoms with van der Waals surface area (Å²) >= 11 is 9.13. The van der Waals surface area contributed by atoms with Gasteiger partial charge in [0.25, 0.3) is 10.0 Å². The van der Waals surface area contributed by atoms with Crippen molar-refractivity contribution in [3.8, 4) is 5.75 Å². The number of amides is 1. The fourth-order valence-corrected chi connectivity index (χ4v) is 4.08. The smallest absolute Gasteiger partial charge is 0.261 e. The molecule has 0 atom stereocenters. The summed E-state index contributed by atoms with van der Waals surface area (Å²) in [7, 11) is -3.72. The second-order valence-electron chi connectivity index (χ2n) is 6.59. The van der Waals surface area contributed by atoms with Crippen LogP contribution in [0.15, 0.2) is 82.2 Å². The van der Waals surface area contributed by atoms with Crippen LogP contribution in [0.5, 0.6) is 5.75 Å². The van der Waals surface area contributed by atoms with Crippen molar-refractivity contribution in [2.45, 2.75) is 17.7 Å². The molecule has 6 nitrogen and oxygen atoms in total. The van der Waals surface area contributed by atoms with Gasteiger partial charge in [0.2, 0.25) is 5.91 Å². The number of hydrogen-bond donors (Lipinski definition) is 2. The van der Waals surface area contributed by atoms with E-state index in [0.29, 0.717) is 35.2 Å². The number of rotatable bonds is 9. The van der Waals surface area contributed by atoms with E-state index < -0.39 is 10.0 Å². The lowest BCUT2D eigenvalue weighted by Crippen LogP contribution is -2.14. The highest BCUT2D eigenvalue weighted by atomic mass is 79.9. The molecule has 0 aliphatic carbocycles. The van der Waals surface area contributed by atoms with Gasteiger partial charge in [0.05, 0.1) is 11.5 Å². The first kappa shape index (κ1) is 23.1. The monoisotopic (exact) mass is 522 g/mol. The molecule has 0 bridgehead atoms. The lowest BCUT2D eigenvalue weighted by atomic mass is 10.2. The van der Waals surface area contributed by atoms with Crippen LogP contribution < -0.4 is 14.8 Å². The van der Waals surface area contributed by atoms with E-state index in [4.69, 9.17) is 16.3 Å². The minimum atomic E-state index is -3.72. The summed E-state index contributed by atoms with van der Waals surface area (Å²) in [6.07, 6.45) is 0.816. The summed E-state index contributed by atoms with van der Waals surface area (Å²) in [5, 5.41) is 3.38. The van der Waals surface area contributed by atoms with Crippen LogP contribution in [0.4, 0.5) is 11.4 Å². The van der Waals surface area contributed by atoms with Gasteiger partial charge >= 0.3 is 0 Å². The van der Waals surface area contributed by atoms with E-state index in [1.807, 2.05) is 0 Å². The lowest BCUT2D eigenvalue weighted by Gasteiger charge is -2.10. The third-order valence-corrected chi connectivity index (χ3v) is 6.35. The third kappa shape index (κ3) is 7.27. The van der Waals surface area contributed by atoms with E-state index in [-0.39, 0.29) is 17.2 Å². The van der Waals surface area contributed by atoms with Gasteiger partial charge in [0.1, 0.15) is 5.75 Å². The van der Waals surface area contributed by atoms with E-state index in [1.54, 1.807) is 60.7 Å². The SMILES string of the molecule is O=C(CCCOc1ccc(Cl)cc1)Nc1ccc(S(=O)(=O)Nc2ccc(Br)cc2)cc1. The normalized spacial score (nSPS) is 11.0. The Morgan fingerprint density at radius 3 is 2.16 bits per heavy atom. The fourth-order valence-electron chi connectivity index (χ4n) is 2.63. The molecule has 0 radical (unpaired) electrons. The van der Waals surface area contributed by atoms with Crippen molar-refractivity contribution >= 4 is 54.8 Å². The van der Waals surface area contributed by atoms with Crippen LogP contribution in [0.2, 0.25) is 5.02 Å². The van der Waals surface area contributed by atoms with E-state index in [2.05, 4.69) is 26.0 Å². The Balaban J connectivity index is 1.47. The minimum absolute atomic E-state index is 0.102. The fraction of sp³-hybridized carbons (Fsp3) is 0.136. The topological polar surface area (TPSA) is 84.5 Å². The van der Waals surface area contributed by atoms with E-state index in [9.17, 15) is 13.2 Å². The van der Waals surface area contributed by atoms with Crippen molar-refractivity contribution in [2.75, 3.05) is 16.6 Å². The molecule has 0 fully saturated rings. The highest BCUT2D eigenvalue weighted by Gasteiger charge is 2.14. The predicted octanol–water partition coefficient (Wildman–Crippen LogP) is 5.70. The Morgan fingerprint density at radius 2 is 1.52 bits per heavy atom. The van der Waals surface area contributed by atoms with Crippen molar-refractivity contribution in [1.29, 1.82) is 0 Å². The molecule has 3 aromatic rings. The maximum absolute atomic E-state index is 12.5. The summed E-state index contributed by atoms with van der Waals surface area (Å²) in [6.45, 7) is 0.397. The number of ether oxygens (including phenoxy) is 1. The van der Waals surface area contributed by atoms with E-state index in [0.717, 1.165) is 4.47 Å². The predicted molar refractivity (Wildman–Crippen MR) is 126 cm³/mol. The van der Waals surface area contributed by atoms with Gasteiger partial charge in [0, 0.05) is 27.3 Å². The van der Waals surface area contributed by atoms with Crippen LogP contribution in [-0.2, 0) is 14.8 Å². The van der Waals surface area contributed by atoms with Gasteiger partial charge in [0.15, 0.2) is 0 Å². The molecule has 31 heavy (non-hydrogen) atoms. The average molecular weight is 524 g/mol. The molecule has 0 aromatic heterocycles. The van der Waals surface area contributed by atoms with Crippen molar-refractivity contribution in [2.24, 2.45) is 0 Å². The zero-order chi connectivity index (χ0) is 22.3. The van der Waals surface area contributed by atoms with Gasteiger partial charge in [-0.05, 0) is 79.2 Å². The van der Waals surface area contributed by atoms with E-state index in [1.165, 1.54) is 12.1 Å². The molecule has 9 heteroatoms. The van der Waals surface area contributed by atoms with Crippen molar-refractivity contribution < 1.29 is 17.9 Å². The molecule has 0 spiro atoms. The van der Waals surface area contributed by atoms with E-state index >= 15 is 0 Å². The highest BCUT2D eigenvalue weighted by Crippen LogP contribution is 2.20. The first-order chi connectivity index (χ1) is 14.8. The van der Waals surface area contributed by atoms with Crippen LogP contribution in [0.1, 0.15) is 12.8 Å². The Morgan fingerprint density at radius 1 is 0.903 bits per heavy atom. The van der Waals surface area contributed by atoms with Gasteiger partial charge < -0.3 is 10.1 Å². The molecule has 3 rings (SSSR count). The summed E-state index contributed by atoms with van der Waals surface area (Å²) < 4.78 is 33.9. The molecule has 162 valence electrons. The molecule has 0 saturated carbocycles. The minimum Gasteiger partial charge on any atom is -0.494 e. The standard InChI is InChI=1S/C22H20BrClN2O4S/c23-16-3-7-19(8-4-16)26-31(28,29)21-13-9-18(10-14-21)25-22(27)2-1-15-30-20-11-5-17(24)6-12-20/h3-14,26H,1-2,15H2,(H,25,27). The quantitative estimate of drug-likeness (QED) is 0.352. The third-order valence-electron chi connectivity index (χ3n) is 4.18. The first-order valence-electron chi connectivity index (χ1n) is 9.38. The number of anilines is 2. The zero-order valence-electron chi connectivity index (χ0n) is 16.3. The summed E-state index contributed by atoms with van der Waals surface area (Å²) in [5.74, 6) is 0.515. The molecule has 0 saturated heterocycles. The maximum Gasteiger partial charge on any atom is 0.261 e. The second-order valence-corrected chi connectivity index (χ2v) is 9.63. The first-order valence-corrected chi connectivity index (χ1v) is 12.0. The molecule has 0 heterocycles. The average Bonchev–Trinajstić information content (AvgIpc) is 2.74. The van der Waals surface area contributed by atoms with Crippen molar-refractivity contribution in [3.63, 3.8) is 0 Å². The maximum atomic E-state index is 12.5. The summed E-state index contributed by atoms with van der Waals surface area (Å²) in [6, 6.07) is 19.8. The Kier molecular flexibility index (Phi) is 7.95. The number of nitrogens with one attached hydrogen (secondary N) is 2. The molecular weight excluding hydrogens is 504 g/mol. The Bertz CT molecular complexity index is 1120. The number of carbonyl (C=O) groups excluding carboxylic acids is 1. The number of hydrogen-bond acceptors (Lipinski definition) is 4. The zero-order valence-corrected chi connectivity index (χ0v) is 19.5. The van der Waals surface area contributed by atoms with Crippen molar-refractivity contribution in [3.05, 3.63) is 82.3 Å². The van der Waals surface area contributed by atoms with Gasteiger partial charge in [-0.15, -0.1) is 0 Å². The number of halogens is 2. The largest absolute Gasteiger partial charge is 0.494 e. The Hall–Kier alpha value is -2.55. The molecule has 2 N–H and O–H groups in total. The summed E-state index contributed by atoms with van der Waals surface area (Å²) in [4.78, 5) is 12.2. The number of carbonyl (C=O) groups is 1. The molecule has 3 aromatic carbocycles. The van der Waals surface area contributed by atoms with Gasteiger partial charge in [-0.25, -0.2) is 8.42 Å². The molecule has 1 amide bonds. The highest BCUT2D eigenvalue weighted by molar-refractivity contribution is 9.10. The van der Waals surface area contributed by atoms with Gasteiger partial charge in [-0.1, -0.05) is 27.5 Å². The summed E-state index contributed by atoms with van der Waals surface area (Å²) in [5.41, 5.74) is 0.979. The second kappa shape index (κ2) is 10.7. The number of sulfonamides is 1. The molecule has 0 aliphatic heterocycles. The number of benzene rings is 3. The van der Waals surface area contributed by atoms with Crippen LogP contribution in [-0.4, -0.2) is 20.9 Å². The van der Waals surface area contributed by atoms with Crippen LogP contribution in [0.25, 0.3) is 0 Å². The Labute approximate surface area is 194 Å². The lowest BCUT2D eigenvalue weighted by molar-refractivity contribution is -0.116. The molecular formula is C22H20BrClN2O4S. The van der Waals surface area contributed by atoms with Gasteiger partial charge in [-0.3, -0.25) is 9.52 Å². The molecule has 0 unspecified atom stereocenters.